The molecule has 0 spiro atoms. The quantitative estimate of drug-likeness (QED) is 0.409. The molecule has 1 heterocycles. The van der Waals surface area contributed by atoms with E-state index in [4.69, 9.17) is 9.15 Å². The van der Waals surface area contributed by atoms with Crippen molar-refractivity contribution in [3.05, 3.63) is 52.2 Å². The third-order valence-electron chi connectivity index (χ3n) is 5.00. The smallest absolute Gasteiger partial charge is 0.306 e. The van der Waals surface area contributed by atoms with Gasteiger partial charge in [0.1, 0.15) is 16.7 Å². The molecular weight excluding hydrogens is 388 g/mol. The van der Waals surface area contributed by atoms with E-state index in [0.717, 1.165) is 0 Å². The van der Waals surface area contributed by atoms with Crippen LogP contribution in [0.3, 0.4) is 0 Å². The fraction of sp³-hybridized carbons (Fsp3) is 0.304. The van der Waals surface area contributed by atoms with Crippen molar-refractivity contribution in [1.82, 2.24) is 0 Å². The zero-order valence-electron chi connectivity index (χ0n) is 17.0. The van der Waals surface area contributed by atoms with E-state index in [1.54, 1.807) is 24.3 Å². The Kier molecular flexibility index (Phi) is 6.01. The Morgan fingerprint density at radius 2 is 1.73 bits per heavy atom. The van der Waals surface area contributed by atoms with Crippen molar-refractivity contribution in [3.8, 4) is 28.6 Å². The largest absolute Gasteiger partial charge is 0.504 e. The molecule has 0 bridgehead atoms. The lowest BCUT2D eigenvalue weighted by atomic mass is 9.85. The minimum atomic E-state index is -0.823. The zero-order chi connectivity index (χ0) is 22.0. The molecule has 158 valence electrons. The number of carbonyl (C=O) groups is 1. The topological polar surface area (TPSA) is 117 Å². The Morgan fingerprint density at radius 3 is 2.33 bits per heavy atom. The van der Waals surface area contributed by atoms with Crippen molar-refractivity contribution in [2.45, 2.75) is 32.6 Å². The molecule has 1 atom stereocenters. The molecule has 30 heavy (non-hydrogen) atoms. The lowest BCUT2D eigenvalue weighted by Crippen LogP contribution is -2.13. The van der Waals surface area contributed by atoms with Crippen LogP contribution in [0.5, 0.6) is 17.2 Å². The number of hydrogen-bond donors (Lipinski definition) is 3. The van der Waals surface area contributed by atoms with E-state index in [-0.39, 0.29) is 34.6 Å². The van der Waals surface area contributed by atoms with Crippen LogP contribution in [-0.4, -0.2) is 28.4 Å². The number of methoxy groups -OCH3 is 1. The van der Waals surface area contributed by atoms with E-state index in [1.165, 1.54) is 13.2 Å². The van der Waals surface area contributed by atoms with Crippen LogP contribution < -0.4 is 5.43 Å². The lowest BCUT2D eigenvalue weighted by Gasteiger charge is -2.22. The summed E-state index contributed by atoms with van der Waals surface area (Å²) < 4.78 is 10.8. The van der Waals surface area contributed by atoms with Gasteiger partial charge in [-0.2, -0.15) is 0 Å². The van der Waals surface area contributed by atoms with Crippen LogP contribution in [0.1, 0.15) is 38.2 Å². The van der Waals surface area contributed by atoms with Gasteiger partial charge < -0.3 is 24.5 Å². The Labute approximate surface area is 173 Å². The number of hydrogen-bond acceptors (Lipinski definition) is 7. The van der Waals surface area contributed by atoms with E-state index < -0.39 is 34.6 Å². The molecule has 1 aromatic heterocycles. The van der Waals surface area contributed by atoms with Gasteiger partial charge >= 0.3 is 5.97 Å². The second-order valence-electron chi connectivity index (χ2n) is 7.61. The van der Waals surface area contributed by atoms with Crippen molar-refractivity contribution in [3.63, 3.8) is 0 Å². The SMILES string of the molecule is COC(=O)CC(CC(C)C)c1c(O)c(O)c(O)c2c(=O)cc(-c3ccccc3)oc12. The van der Waals surface area contributed by atoms with Gasteiger partial charge in [-0.1, -0.05) is 44.2 Å². The highest BCUT2D eigenvalue weighted by Gasteiger charge is 2.30. The average molecular weight is 412 g/mol. The number of esters is 1. The Hall–Kier alpha value is -3.48. The molecule has 1 unspecified atom stereocenters. The van der Waals surface area contributed by atoms with Gasteiger partial charge in [-0.3, -0.25) is 9.59 Å². The number of fused-ring (bicyclic) bond motifs is 1. The number of aromatic hydroxyl groups is 3. The number of phenols is 3. The predicted molar refractivity (Wildman–Crippen MR) is 112 cm³/mol. The van der Waals surface area contributed by atoms with Gasteiger partial charge in [0.25, 0.3) is 0 Å². The molecule has 0 aliphatic carbocycles. The fourth-order valence-electron chi connectivity index (χ4n) is 3.65. The molecule has 0 fully saturated rings. The van der Waals surface area contributed by atoms with Crippen molar-refractivity contribution < 1.29 is 29.3 Å². The van der Waals surface area contributed by atoms with Crippen LogP contribution in [0.4, 0.5) is 0 Å². The third-order valence-corrected chi connectivity index (χ3v) is 5.00. The normalized spacial score (nSPS) is 12.3. The standard InChI is InChI=1S/C23H24O7/c1-12(2)9-14(10-17(25)29-3)18-20(26)22(28)21(27)19-15(24)11-16(30-23(18)19)13-7-5-4-6-8-13/h4-8,11-12,14,26-28H,9-10H2,1-3H3. The first kappa shape index (κ1) is 21.2. The summed E-state index contributed by atoms with van der Waals surface area (Å²) in [6.45, 7) is 3.88. The van der Waals surface area contributed by atoms with Crippen LogP contribution in [0, 0.1) is 5.92 Å². The van der Waals surface area contributed by atoms with Gasteiger partial charge in [0, 0.05) is 23.1 Å². The molecule has 3 rings (SSSR count). The minimum Gasteiger partial charge on any atom is -0.504 e. The van der Waals surface area contributed by atoms with Crippen LogP contribution in [0.2, 0.25) is 0 Å². The molecule has 0 saturated heterocycles. The van der Waals surface area contributed by atoms with E-state index >= 15 is 0 Å². The first-order valence-corrected chi connectivity index (χ1v) is 9.61. The highest BCUT2D eigenvalue weighted by Crippen LogP contribution is 2.49. The van der Waals surface area contributed by atoms with Gasteiger partial charge in [-0.25, -0.2) is 0 Å². The highest BCUT2D eigenvalue weighted by molar-refractivity contribution is 5.93. The molecule has 0 amide bonds. The first-order valence-electron chi connectivity index (χ1n) is 9.61. The average Bonchev–Trinajstić information content (AvgIpc) is 2.71. The molecule has 2 aromatic carbocycles. The monoisotopic (exact) mass is 412 g/mol. The zero-order valence-corrected chi connectivity index (χ0v) is 17.0. The number of ether oxygens (including phenoxy) is 1. The van der Waals surface area contributed by atoms with Crippen LogP contribution in [0.25, 0.3) is 22.3 Å². The van der Waals surface area contributed by atoms with Crippen LogP contribution in [0.15, 0.2) is 45.6 Å². The number of rotatable bonds is 6. The summed E-state index contributed by atoms with van der Waals surface area (Å²) in [4.78, 5) is 24.9. The predicted octanol–water partition coefficient (Wildman–Crippen LogP) is 4.27. The molecule has 7 heteroatoms. The lowest BCUT2D eigenvalue weighted by molar-refractivity contribution is -0.141. The summed E-state index contributed by atoms with van der Waals surface area (Å²) in [6.07, 6.45) is 0.349. The molecular formula is C23H24O7. The maximum atomic E-state index is 12.8. The number of benzene rings is 2. The number of carbonyl (C=O) groups excluding carboxylic acids is 1. The van der Waals surface area contributed by atoms with Crippen LogP contribution in [-0.2, 0) is 9.53 Å². The summed E-state index contributed by atoms with van der Waals surface area (Å²) in [5.74, 6) is -2.97. The minimum absolute atomic E-state index is 0.0660. The number of phenolic OH excluding ortho intramolecular Hbond substituents is 3. The first-order chi connectivity index (χ1) is 14.2. The van der Waals surface area contributed by atoms with Gasteiger partial charge in [0.15, 0.2) is 16.9 Å². The molecule has 0 aliphatic heterocycles. The van der Waals surface area contributed by atoms with Crippen molar-refractivity contribution in [1.29, 1.82) is 0 Å². The van der Waals surface area contributed by atoms with Gasteiger partial charge in [0.2, 0.25) is 5.75 Å². The van der Waals surface area contributed by atoms with E-state index in [0.29, 0.717) is 12.0 Å². The van der Waals surface area contributed by atoms with E-state index in [2.05, 4.69) is 0 Å². The Bertz CT molecular complexity index is 1130. The molecule has 0 saturated carbocycles. The van der Waals surface area contributed by atoms with Gasteiger partial charge in [0.05, 0.1) is 13.5 Å². The molecule has 3 aromatic rings. The fourth-order valence-corrected chi connectivity index (χ4v) is 3.65. The molecule has 0 aliphatic rings. The van der Waals surface area contributed by atoms with Gasteiger partial charge in [-0.05, 0) is 12.3 Å². The maximum absolute atomic E-state index is 12.8. The summed E-state index contributed by atoms with van der Waals surface area (Å²) in [7, 11) is 1.26. The van der Waals surface area contributed by atoms with Crippen molar-refractivity contribution >= 4 is 16.9 Å². The summed E-state index contributed by atoms with van der Waals surface area (Å²) in [5, 5.41) is 31.0. The third kappa shape index (κ3) is 3.96. The summed E-state index contributed by atoms with van der Waals surface area (Å²) in [5.41, 5.74) is 0.0754. The van der Waals surface area contributed by atoms with E-state index in [9.17, 15) is 24.9 Å². The Balaban J connectivity index is 2.37. The van der Waals surface area contributed by atoms with Crippen molar-refractivity contribution in [2.24, 2.45) is 5.92 Å². The van der Waals surface area contributed by atoms with Crippen LogP contribution >= 0.6 is 0 Å². The summed E-state index contributed by atoms with van der Waals surface area (Å²) in [6, 6.07) is 10.1. The second kappa shape index (κ2) is 8.49. The van der Waals surface area contributed by atoms with Gasteiger partial charge in [-0.15, -0.1) is 0 Å². The summed E-state index contributed by atoms with van der Waals surface area (Å²) >= 11 is 0. The molecule has 7 nitrogen and oxygen atoms in total. The molecule has 3 N–H and O–H groups in total. The molecule has 0 radical (unpaired) electrons. The maximum Gasteiger partial charge on any atom is 0.306 e. The van der Waals surface area contributed by atoms with Crippen molar-refractivity contribution in [2.75, 3.05) is 7.11 Å². The highest BCUT2D eigenvalue weighted by atomic mass is 16.5. The Morgan fingerprint density at radius 1 is 1.07 bits per heavy atom. The second-order valence-corrected chi connectivity index (χ2v) is 7.61. The van der Waals surface area contributed by atoms with E-state index in [1.807, 2.05) is 19.9 Å².